The molecule has 2 heterocycles. The lowest BCUT2D eigenvalue weighted by atomic mass is 10.2. The summed E-state index contributed by atoms with van der Waals surface area (Å²) in [5, 5.41) is 8.06. The van der Waals surface area contributed by atoms with Crippen LogP contribution < -0.4 is 4.90 Å². The third-order valence-corrected chi connectivity index (χ3v) is 5.19. The van der Waals surface area contributed by atoms with E-state index in [4.69, 9.17) is 21.4 Å². The number of furan rings is 1. The number of nitrogens with one attached hydrogen (secondary N) is 1. The summed E-state index contributed by atoms with van der Waals surface area (Å²) in [6, 6.07) is 12.9. The zero-order valence-corrected chi connectivity index (χ0v) is 15.7. The van der Waals surface area contributed by atoms with Crippen molar-refractivity contribution < 1.29 is 18.0 Å². The molecule has 0 bridgehead atoms. The Hall–Kier alpha value is -2.90. The van der Waals surface area contributed by atoms with Crippen LogP contribution in [0.1, 0.15) is 5.76 Å². The normalized spacial score (nSPS) is 15.7. The number of anilines is 1. The van der Waals surface area contributed by atoms with Crippen molar-refractivity contribution in [1.29, 1.82) is 5.41 Å². The number of amidine groups is 1. The van der Waals surface area contributed by atoms with Crippen LogP contribution in [0.5, 0.6) is 0 Å². The monoisotopic (exact) mass is 416 g/mol. The number of carbonyl (C=O) groups is 1. The maximum absolute atomic E-state index is 13.3. The van der Waals surface area contributed by atoms with Crippen LogP contribution in [-0.2, 0) is 4.79 Å². The Bertz CT molecular complexity index is 1130. The summed E-state index contributed by atoms with van der Waals surface area (Å²) in [5.74, 6) is -0.472. The van der Waals surface area contributed by atoms with Crippen molar-refractivity contribution in [3.05, 3.63) is 81.9 Å². The summed E-state index contributed by atoms with van der Waals surface area (Å²) in [4.78, 5) is 14.2. The standard InChI is InChI=1S/C20H11ClF2N2O2S/c21-15-9-11(1-7-16(15)23)17-8-6-14(27-17)10-18-19(26)25(20(24)28-18)13-4-2-12(22)3-5-13/h1-10,24H/b18-10-,24-20?. The summed E-state index contributed by atoms with van der Waals surface area (Å²) in [7, 11) is 0. The Labute approximate surface area is 167 Å². The van der Waals surface area contributed by atoms with Crippen LogP contribution in [0.25, 0.3) is 17.4 Å². The highest BCUT2D eigenvalue weighted by molar-refractivity contribution is 8.19. The molecule has 1 aromatic heterocycles. The molecule has 0 aliphatic carbocycles. The molecule has 2 aromatic carbocycles. The topological polar surface area (TPSA) is 57.3 Å². The van der Waals surface area contributed by atoms with Gasteiger partial charge in [-0.25, -0.2) is 8.78 Å². The van der Waals surface area contributed by atoms with E-state index in [0.717, 1.165) is 11.8 Å². The zero-order chi connectivity index (χ0) is 19.8. The van der Waals surface area contributed by atoms with Crippen LogP contribution in [0.4, 0.5) is 14.5 Å². The molecule has 0 saturated carbocycles. The van der Waals surface area contributed by atoms with Crippen LogP contribution in [0.2, 0.25) is 5.02 Å². The SMILES string of the molecule is N=C1S/C(=C\c2ccc(-c3ccc(F)c(Cl)c3)o2)C(=O)N1c1ccc(F)cc1. The molecule has 3 aromatic rings. The maximum atomic E-state index is 13.3. The van der Waals surface area contributed by atoms with Crippen molar-refractivity contribution in [2.45, 2.75) is 0 Å². The van der Waals surface area contributed by atoms with Gasteiger partial charge in [0.25, 0.3) is 5.91 Å². The summed E-state index contributed by atoms with van der Waals surface area (Å²) < 4.78 is 32.1. The van der Waals surface area contributed by atoms with Crippen LogP contribution in [0.15, 0.2) is 63.9 Å². The van der Waals surface area contributed by atoms with Crippen molar-refractivity contribution in [2.24, 2.45) is 0 Å². The second-order valence-electron chi connectivity index (χ2n) is 5.86. The highest BCUT2D eigenvalue weighted by Gasteiger charge is 2.33. The van der Waals surface area contributed by atoms with Gasteiger partial charge in [-0.15, -0.1) is 0 Å². The minimum atomic E-state index is -0.522. The fourth-order valence-electron chi connectivity index (χ4n) is 2.68. The van der Waals surface area contributed by atoms with Crippen molar-refractivity contribution >= 4 is 46.2 Å². The second-order valence-corrected chi connectivity index (χ2v) is 7.30. The average Bonchev–Trinajstić information content (AvgIpc) is 3.24. The largest absolute Gasteiger partial charge is 0.457 e. The van der Waals surface area contributed by atoms with E-state index in [-0.39, 0.29) is 10.2 Å². The van der Waals surface area contributed by atoms with Gasteiger partial charge in [-0.05, 0) is 66.4 Å². The van der Waals surface area contributed by atoms with Crippen molar-refractivity contribution in [2.75, 3.05) is 4.90 Å². The Morgan fingerprint density at radius 2 is 1.82 bits per heavy atom. The van der Waals surface area contributed by atoms with Gasteiger partial charge >= 0.3 is 0 Å². The first kappa shape index (κ1) is 18.5. The van der Waals surface area contributed by atoms with Gasteiger partial charge in [0.15, 0.2) is 5.17 Å². The third kappa shape index (κ3) is 3.46. The minimum Gasteiger partial charge on any atom is -0.457 e. The molecule has 4 nitrogen and oxygen atoms in total. The van der Waals surface area contributed by atoms with Crippen molar-refractivity contribution in [3.63, 3.8) is 0 Å². The summed E-state index contributed by atoms with van der Waals surface area (Å²) in [6.45, 7) is 0. The second kappa shape index (κ2) is 7.26. The van der Waals surface area contributed by atoms with E-state index in [0.29, 0.717) is 27.7 Å². The van der Waals surface area contributed by atoms with Gasteiger partial charge in [-0.1, -0.05) is 11.6 Å². The van der Waals surface area contributed by atoms with E-state index in [2.05, 4.69) is 0 Å². The number of hydrogen-bond acceptors (Lipinski definition) is 4. The first-order valence-electron chi connectivity index (χ1n) is 8.06. The lowest BCUT2D eigenvalue weighted by Crippen LogP contribution is -2.28. The van der Waals surface area contributed by atoms with Gasteiger partial charge in [0, 0.05) is 11.6 Å². The molecule has 0 unspecified atom stereocenters. The van der Waals surface area contributed by atoms with E-state index < -0.39 is 17.5 Å². The number of carbonyl (C=O) groups excluding carboxylic acids is 1. The number of thioether (sulfide) groups is 1. The average molecular weight is 417 g/mol. The first-order valence-corrected chi connectivity index (χ1v) is 9.25. The quantitative estimate of drug-likeness (QED) is 0.538. The third-order valence-electron chi connectivity index (χ3n) is 4.01. The predicted octanol–water partition coefficient (Wildman–Crippen LogP) is 5.93. The molecule has 28 heavy (non-hydrogen) atoms. The van der Waals surface area contributed by atoms with Crippen LogP contribution in [0.3, 0.4) is 0 Å². The molecule has 1 amide bonds. The zero-order valence-electron chi connectivity index (χ0n) is 14.1. The Morgan fingerprint density at radius 3 is 2.54 bits per heavy atom. The van der Waals surface area contributed by atoms with Gasteiger partial charge in [0.2, 0.25) is 0 Å². The molecule has 4 rings (SSSR count). The molecule has 140 valence electrons. The van der Waals surface area contributed by atoms with E-state index in [9.17, 15) is 13.6 Å². The minimum absolute atomic E-state index is 0.0138. The van der Waals surface area contributed by atoms with Crippen molar-refractivity contribution in [3.8, 4) is 11.3 Å². The Morgan fingerprint density at radius 1 is 1.07 bits per heavy atom. The highest BCUT2D eigenvalue weighted by atomic mass is 35.5. The number of benzene rings is 2. The van der Waals surface area contributed by atoms with Crippen LogP contribution in [-0.4, -0.2) is 11.1 Å². The van der Waals surface area contributed by atoms with Crippen LogP contribution in [0, 0.1) is 17.0 Å². The molecule has 0 radical (unpaired) electrons. The molecular formula is C20H11ClF2N2O2S. The smallest absolute Gasteiger partial charge is 0.271 e. The lowest BCUT2D eigenvalue weighted by Gasteiger charge is -2.13. The molecule has 1 N–H and O–H groups in total. The summed E-state index contributed by atoms with van der Waals surface area (Å²) in [6.07, 6.45) is 1.53. The van der Waals surface area contributed by atoms with Gasteiger partial charge in [-0.3, -0.25) is 15.1 Å². The molecule has 1 fully saturated rings. The molecule has 0 spiro atoms. The summed E-state index contributed by atoms with van der Waals surface area (Å²) in [5.41, 5.74) is 1.01. The number of halogens is 3. The Kier molecular flexibility index (Phi) is 4.78. The molecule has 1 aliphatic heterocycles. The van der Waals surface area contributed by atoms with E-state index in [1.807, 2.05) is 0 Å². The fraction of sp³-hybridized carbons (Fsp3) is 0. The Balaban J connectivity index is 1.60. The summed E-state index contributed by atoms with van der Waals surface area (Å²) >= 11 is 6.78. The number of amides is 1. The number of hydrogen-bond donors (Lipinski definition) is 1. The van der Waals surface area contributed by atoms with Gasteiger partial charge in [0.1, 0.15) is 23.2 Å². The molecule has 8 heteroatoms. The van der Waals surface area contributed by atoms with Crippen molar-refractivity contribution in [1.82, 2.24) is 0 Å². The highest BCUT2D eigenvalue weighted by Crippen LogP contribution is 2.36. The van der Waals surface area contributed by atoms with Gasteiger partial charge in [0.05, 0.1) is 15.6 Å². The fourth-order valence-corrected chi connectivity index (χ4v) is 3.70. The van der Waals surface area contributed by atoms with Gasteiger partial charge < -0.3 is 4.42 Å². The first-order chi connectivity index (χ1) is 13.4. The van der Waals surface area contributed by atoms with E-state index in [1.54, 1.807) is 18.2 Å². The maximum Gasteiger partial charge on any atom is 0.271 e. The molecule has 1 saturated heterocycles. The number of nitrogens with zero attached hydrogens (tertiary/aromatic N) is 1. The predicted molar refractivity (Wildman–Crippen MR) is 106 cm³/mol. The molecular weight excluding hydrogens is 406 g/mol. The van der Waals surface area contributed by atoms with Gasteiger partial charge in [-0.2, -0.15) is 0 Å². The van der Waals surface area contributed by atoms with E-state index in [1.165, 1.54) is 47.4 Å². The molecule has 1 aliphatic rings. The van der Waals surface area contributed by atoms with E-state index >= 15 is 0 Å². The molecule has 0 atom stereocenters. The van der Waals surface area contributed by atoms with Crippen LogP contribution >= 0.6 is 23.4 Å². The number of rotatable bonds is 3. The lowest BCUT2D eigenvalue weighted by molar-refractivity contribution is -0.113.